The van der Waals surface area contributed by atoms with Gasteiger partial charge in [0.1, 0.15) is 5.82 Å². The number of rotatable bonds is 4. The number of hydrogen-bond acceptors (Lipinski definition) is 4. The molecule has 144 valence electrons. The smallest absolute Gasteiger partial charge is 0.233 e. The third-order valence-corrected chi connectivity index (χ3v) is 5.96. The Morgan fingerprint density at radius 1 is 1.19 bits per heavy atom. The highest BCUT2D eigenvalue weighted by molar-refractivity contribution is 5.88. The highest BCUT2D eigenvalue weighted by atomic mass is 19.1. The summed E-state index contributed by atoms with van der Waals surface area (Å²) in [6.07, 6.45) is 3.67. The van der Waals surface area contributed by atoms with E-state index in [0.717, 1.165) is 62.3 Å². The first-order valence-electron chi connectivity index (χ1n) is 9.77. The van der Waals surface area contributed by atoms with Crippen LogP contribution in [0.1, 0.15) is 42.7 Å². The fourth-order valence-corrected chi connectivity index (χ4v) is 4.51. The summed E-state index contributed by atoms with van der Waals surface area (Å²) < 4.78 is 19.1. The predicted octanol–water partition coefficient (Wildman–Crippen LogP) is 3.28. The van der Waals surface area contributed by atoms with Crippen molar-refractivity contribution in [2.75, 3.05) is 26.2 Å². The zero-order valence-corrected chi connectivity index (χ0v) is 15.8. The van der Waals surface area contributed by atoms with Crippen LogP contribution in [0.3, 0.4) is 0 Å². The fourth-order valence-electron chi connectivity index (χ4n) is 4.51. The Kier molecular flexibility index (Phi) is 5.00. The number of halogens is 1. The molecule has 1 aliphatic heterocycles. The minimum absolute atomic E-state index is 0.167. The molecule has 0 N–H and O–H groups in total. The highest BCUT2D eigenvalue weighted by Gasteiger charge is 2.45. The number of hydrogen-bond donors (Lipinski definition) is 0. The van der Waals surface area contributed by atoms with Gasteiger partial charge in [-0.3, -0.25) is 9.69 Å². The van der Waals surface area contributed by atoms with Crippen molar-refractivity contribution in [2.45, 2.75) is 44.6 Å². The van der Waals surface area contributed by atoms with Crippen molar-refractivity contribution in [2.24, 2.45) is 0 Å². The molecule has 1 aliphatic carbocycles. The Bertz CT molecular complexity index is 805. The van der Waals surface area contributed by atoms with E-state index < -0.39 is 5.41 Å². The zero-order chi connectivity index (χ0) is 18.9. The van der Waals surface area contributed by atoms with E-state index in [1.54, 1.807) is 12.1 Å². The van der Waals surface area contributed by atoms with E-state index >= 15 is 0 Å². The number of amides is 1. The predicted molar refractivity (Wildman–Crippen MR) is 99.6 cm³/mol. The van der Waals surface area contributed by atoms with Crippen molar-refractivity contribution in [3.63, 3.8) is 0 Å². The first-order chi connectivity index (χ1) is 13.1. The van der Waals surface area contributed by atoms with E-state index in [1.165, 1.54) is 6.07 Å². The minimum atomic E-state index is -0.549. The molecule has 2 heterocycles. The van der Waals surface area contributed by atoms with Crippen LogP contribution in [-0.2, 0) is 16.8 Å². The zero-order valence-electron chi connectivity index (χ0n) is 15.8. The maximum absolute atomic E-state index is 13.8. The van der Waals surface area contributed by atoms with Crippen molar-refractivity contribution >= 4 is 5.91 Å². The molecule has 1 saturated heterocycles. The summed E-state index contributed by atoms with van der Waals surface area (Å²) in [5.74, 6) is 0.763. The second-order valence-corrected chi connectivity index (χ2v) is 7.80. The van der Waals surface area contributed by atoms with E-state index in [9.17, 15) is 9.18 Å². The SMILES string of the molecule is Cc1cc(CN2CCN(C(=O)C3(c4cccc(F)c4)CCCC3)CC2)on1. The van der Waals surface area contributed by atoms with Crippen LogP contribution in [-0.4, -0.2) is 47.0 Å². The summed E-state index contributed by atoms with van der Waals surface area (Å²) in [6, 6.07) is 8.57. The van der Waals surface area contributed by atoms with Gasteiger partial charge in [-0.2, -0.15) is 0 Å². The average molecular weight is 371 g/mol. The molecule has 1 aromatic heterocycles. The fraction of sp³-hybridized carbons (Fsp3) is 0.524. The Morgan fingerprint density at radius 2 is 1.93 bits per heavy atom. The van der Waals surface area contributed by atoms with Gasteiger partial charge in [0.05, 0.1) is 17.7 Å². The van der Waals surface area contributed by atoms with Gasteiger partial charge in [0.2, 0.25) is 5.91 Å². The monoisotopic (exact) mass is 371 g/mol. The maximum atomic E-state index is 13.8. The van der Waals surface area contributed by atoms with Crippen LogP contribution >= 0.6 is 0 Å². The summed E-state index contributed by atoms with van der Waals surface area (Å²) in [7, 11) is 0. The topological polar surface area (TPSA) is 49.6 Å². The molecule has 4 rings (SSSR count). The van der Waals surface area contributed by atoms with Crippen molar-refractivity contribution in [3.05, 3.63) is 53.2 Å². The van der Waals surface area contributed by atoms with Crippen LogP contribution in [0.5, 0.6) is 0 Å². The van der Waals surface area contributed by atoms with Crippen molar-refractivity contribution in [1.29, 1.82) is 0 Å². The Morgan fingerprint density at radius 3 is 2.56 bits per heavy atom. The standard InChI is InChI=1S/C21H26FN3O2/c1-16-13-19(27-23-16)15-24-9-11-25(12-10-24)20(26)21(7-2-3-8-21)17-5-4-6-18(22)14-17/h4-6,13-14H,2-3,7-12,15H2,1H3. The number of carbonyl (C=O) groups is 1. The quantitative estimate of drug-likeness (QED) is 0.828. The molecule has 0 atom stereocenters. The van der Waals surface area contributed by atoms with Gasteiger partial charge in [0.15, 0.2) is 5.76 Å². The molecule has 0 spiro atoms. The molecule has 2 aromatic rings. The summed E-state index contributed by atoms with van der Waals surface area (Å²) in [4.78, 5) is 17.7. The lowest BCUT2D eigenvalue weighted by atomic mass is 9.77. The van der Waals surface area contributed by atoms with Crippen LogP contribution in [0.2, 0.25) is 0 Å². The molecule has 1 saturated carbocycles. The Hall–Kier alpha value is -2.21. The first kappa shape index (κ1) is 18.2. The molecular weight excluding hydrogens is 345 g/mol. The van der Waals surface area contributed by atoms with E-state index in [1.807, 2.05) is 24.0 Å². The van der Waals surface area contributed by atoms with Gasteiger partial charge in [0.25, 0.3) is 0 Å². The molecule has 0 radical (unpaired) electrons. The number of benzene rings is 1. The summed E-state index contributed by atoms with van der Waals surface area (Å²) in [5.41, 5.74) is 1.17. The number of aryl methyl sites for hydroxylation is 1. The Labute approximate surface area is 159 Å². The van der Waals surface area contributed by atoms with Crippen molar-refractivity contribution < 1.29 is 13.7 Å². The number of carbonyl (C=O) groups excluding carboxylic acids is 1. The van der Waals surface area contributed by atoms with Crippen molar-refractivity contribution in [1.82, 2.24) is 15.0 Å². The second kappa shape index (κ2) is 7.43. The number of nitrogens with zero attached hydrogens (tertiary/aromatic N) is 3. The summed E-state index contributed by atoms with van der Waals surface area (Å²) >= 11 is 0. The highest BCUT2D eigenvalue weighted by Crippen LogP contribution is 2.43. The van der Waals surface area contributed by atoms with Gasteiger partial charge >= 0.3 is 0 Å². The van der Waals surface area contributed by atoms with Gasteiger partial charge < -0.3 is 9.42 Å². The van der Waals surface area contributed by atoms with Gasteiger partial charge in [-0.15, -0.1) is 0 Å². The third-order valence-electron chi connectivity index (χ3n) is 5.96. The molecule has 5 nitrogen and oxygen atoms in total. The normalized spacial score (nSPS) is 20.1. The lowest BCUT2D eigenvalue weighted by Crippen LogP contribution is -2.53. The first-order valence-corrected chi connectivity index (χ1v) is 9.77. The molecule has 2 fully saturated rings. The van der Waals surface area contributed by atoms with E-state index in [4.69, 9.17) is 4.52 Å². The maximum Gasteiger partial charge on any atom is 0.233 e. The third kappa shape index (κ3) is 3.63. The van der Waals surface area contributed by atoms with Crippen LogP contribution in [0.25, 0.3) is 0 Å². The summed E-state index contributed by atoms with van der Waals surface area (Å²) in [6.45, 7) is 5.65. The number of aromatic nitrogens is 1. The molecule has 1 aromatic carbocycles. The Balaban J connectivity index is 1.44. The summed E-state index contributed by atoms with van der Waals surface area (Å²) in [5, 5.41) is 3.93. The molecule has 2 aliphatic rings. The van der Waals surface area contributed by atoms with Gasteiger partial charge in [-0.1, -0.05) is 30.1 Å². The van der Waals surface area contributed by atoms with Gasteiger partial charge in [-0.25, -0.2) is 4.39 Å². The lowest BCUT2D eigenvalue weighted by Gasteiger charge is -2.39. The lowest BCUT2D eigenvalue weighted by molar-refractivity contribution is -0.139. The largest absolute Gasteiger partial charge is 0.360 e. The van der Waals surface area contributed by atoms with Crippen molar-refractivity contribution in [3.8, 4) is 0 Å². The molecule has 1 amide bonds. The number of piperazine rings is 1. The van der Waals surface area contributed by atoms with Crippen LogP contribution in [0, 0.1) is 12.7 Å². The molecular formula is C21H26FN3O2. The van der Waals surface area contributed by atoms with Crippen LogP contribution < -0.4 is 0 Å². The average Bonchev–Trinajstić information content (AvgIpc) is 3.32. The molecule has 27 heavy (non-hydrogen) atoms. The van der Waals surface area contributed by atoms with Gasteiger partial charge in [-0.05, 0) is 37.5 Å². The minimum Gasteiger partial charge on any atom is -0.360 e. The van der Waals surface area contributed by atoms with Gasteiger partial charge in [0, 0.05) is 32.2 Å². The molecule has 0 unspecified atom stereocenters. The molecule has 6 heteroatoms. The van der Waals surface area contributed by atoms with Crippen LogP contribution in [0.15, 0.2) is 34.9 Å². The molecule has 0 bridgehead atoms. The van der Waals surface area contributed by atoms with Crippen LogP contribution in [0.4, 0.5) is 4.39 Å². The van der Waals surface area contributed by atoms with E-state index in [2.05, 4.69) is 10.1 Å². The van der Waals surface area contributed by atoms with E-state index in [0.29, 0.717) is 13.1 Å². The second-order valence-electron chi connectivity index (χ2n) is 7.80. The van der Waals surface area contributed by atoms with E-state index in [-0.39, 0.29) is 11.7 Å².